The van der Waals surface area contributed by atoms with E-state index in [0.717, 1.165) is 16.7 Å². The molecule has 0 bridgehead atoms. The quantitative estimate of drug-likeness (QED) is 0.798. The third-order valence-corrected chi connectivity index (χ3v) is 3.78. The summed E-state index contributed by atoms with van der Waals surface area (Å²) in [6.45, 7) is 1.66. The lowest BCUT2D eigenvalue weighted by Crippen LogP contribution is -2.10. The third kappa shape index (κ3) is 3.27. The van der Waals surface area contributed by atoms with Crippen molar-refractivity contribution in [1.82, 2.24) is 0 Å². The fourth-order valence-electron chi connectivity index (χ4n) is 2.51. The van der Waals surface area contributed by atoms with Gasteiger partial charge in [-0.05, 0) is 41.9 Å². The lowest BCUT2D eigenvalue weighted by Gasteiger charge is -2.11. The molecule has 0 saturated carbocycles. The van der Waals surface area contributed by atoms with Gasteiger partial charge in [0, 0.05) is 11.1 Å². The molecule has 0 heterocycles. The van der Waals surface area contributed by atoms with Crippen LogP contribution in [0.1, 0.15) is 18.1 Å². The van der Waals surface area contributed by atoms with Crippen molar-refractivity contribution >= 4 is 17.1 Å². The van der Waals surface area contributed by atoms with Crippen molar-refractivity contribution in [1.29, 1.82) is 0 Å². The number of allylic oxidation sites excluding steroid dienone is 5. The Morgan fingerprint density at radius 2 is 1.26 bits per heavy atom. The fraction of sp³-hybridized carbons (Fsp3) is 0.0476. The van der Waals surface area contributed by atoms with Gasteiger partial charge >= 0.3 is 0 Å². The summed E-state index contributed by atoms with van der Waals surface area (Å²) >= 11 is 0. The van der Waals surface area contributed by atoms with Crippen molar-refractivity contribution < 1.29 is 9.59 Å². The molecule has 0 fully saturated rings. The average molecular weight is 300 g/mol. The van der Waals surface area contributed by atoms with Crippen LogP contribution in [0.3, 0.4) is 0 Å². The molecule has 2 aromatic rings. The van der Waals surface area contributed by atoms with Gasteiger partial charge in [0.1, 0.15) is 0 Å². The first-order valence-corrected chi connectivity index (χ1v) is 7.46. The Bertz CT molecular complexity index is 796. The molecular weight excluding hydrogens is 284 g/mol. The van der Waals surface area contributed by atoms with E-state index in [-0.39, 0.29) is 11.6 Å². The van der Waals surface area contributed by atoms with E-state index < -0.39 is 0 Å². The maximum absolute atomic E-state index is 12.2. The largest absolute Gasteiger partial charge is 0.290 e. The van der Waals surface area contributed by atoms with Crippen LogP contribution in [0, 0.1) is 0 Å². The number of carbonyl (C=O) groups is 2. The van der Waals surface area contributed by atoms with Crippen LogP contribution >= 0.6 is 0 Å². The van der Waals surface area contributed by atoms with Gasteiger partial charge < -0.3 is 0 Å². The maximum Gasteiger partial charge on any atom is 0.186 e. The highest BCUT2D eigenvalue weighted by molar-refractivity contribution is 6.21. The second kappa shape index (κ2) is 6.41. The topological polar surface area (TPSA) is 34.1 Å². The fourth-order valence-corrected chi connectivity index (χ4v) is 2.51. The lowest BCUT2D eigenvalue weighted by molar-refractivity contribution is -0.114. The van der Waals surface area contributed by atoms with Gasteiger partial charge in [0.15, 0.2) is 11.6 Å². The molecule has 112 valence electrons. The summed E-state index contributed by atoms with van der Waals surface area (Å²) in [7, 11) is 0. The van der Waals surface area contributed by atoms with E-state index in [9.17, 15) is 9.59 Å². The minimum absolute atomic E-state index is 0.115. The van der Waals surface area contributed by atoms with Gasteiger partial charge in [0.2, 0.25) is 0 Å². The zero-order valence-corrected chi connectivity index (χ0v) is 12.8. The normalized spacial score (nSPS) is 14.1. The van der Waals surface area contributed by atoms with Crippen LogP contribution in [0.25, 0.3) is 5.57 Å². The molecule has 0 unspecified atom stereocenters. The molecule has 0 spiro atoms. The summed E-state index contributed by atoms with van der Waals surface area (Å²) in [6, 6.07) is 19.7. The Hall–Kier alpha value is -3.00. The molecule has 1 aliphatic rings. The average Bonchev–Trinajstić information content (AvgIpc) is 2.58. The molecule has 0 amide bonds. The van der Waals surface area contributed by atoms with Crippen LogP contribution in [-0.2, 0) is 9.59 Å². The number of rotatable bonds is 3. The molecule has 0 aromatic heterocycles. The molecule has 2 nitrogen and oxygen atoms in total. The van der Waals surface area contributed by atoms with E-state index in [1.54, 1.807) is 13.0 Å². The van der Waals surface area contributed by atoms with E-state index in [4.69, 9.17) is 0 Å². The Kier molecular flexibility index (Phi) is 4.15. The van der Waals surface area contributed by atoms with Gasteiger partial charge in [-0.15, -0.1) is 0 Å². The van der Waals surface area contributed by atoms with Crippen LogP contribution in [0.5, 0.6) is 0 Å². The number of hydrogen-bond donors (Lipinski definition) is 0. The summed E-state index contributed by atoms with van der Waals surface area (Å²) in [6.07, 6.45) is 4.62. The van der Waals surface area contributed by atoms with Gasteiger partial charge in [-0.1, -0.05) is 60.7 Å². The van der Waals surface area contributed by atoms with E-state index in [1.807, 2.05) is 60.7 Å². The molecule has 23 heavy (non-hydrogen) atoms. The minimum Gasteiger partial charge on any atom is -0.290 e. The highest BCUT2D eigenvalue weighted by Gasteiger charge is 2.17. The summed E-state index contributed by atoms with van der Waals surface area (Å²) in [5.41, 5.74) is 3.83. The van der Waals surface area contributed by atoms with E-state index >= 15 is 0 Å². The van der Waals surface area contributed by atoms with Gasteiger partial charge in [0.25, 0.3) is 0 Å². The van der Waals surface area contributed by atoms with Crippen molar-refractivity contribution in [2.24, 2.45) is 0 Å². The van der Waals surface area contributed by atoms with E-state index in [1.165, 1.54) is 12.2 Å². The molecule has 2 aromatic carbocycles. The monoisotopic (exact) mass is 300 g/mol. The summed E-state index contributed by atoms with van der Waals surface area (Å²) in [5, 5.41) is 0. The highest BCUT2D eigenvalue weighted by atomic mass is 16.1. The van der Waals surface area contributed by atoms with Crippen LogP contribution in [-0.4, -0.2) is 11.6 Å². The van der Waals surface area contributed by atoms with Crippen LogP contribution < -0.4 is 0 Å². The second-order valence-corrected chi connectivity index (χ2v) is 5.45. The van der Waals surface area contributed by atoms with Gasteiger partial charge in [-0.3, -0.25) is 9.59 Å². The molecule has 3 rings (SSSR count). The van der Waals surface area contributed by atoms with Crippen molar-refractivity contribution in [2.45, 2.75) is 6.92 Å². The summed E-state index contributed by atoms with van der Waals surface area (Å²) in [4.78, 5) is 24.1. The molecule has 2 heteroatoms. The Morgan fingerprint density at radius 3 is 1.78 bits per heavy atom. The first kappa shape index (κ1) is 14.9. The molecule has 0 radical (unpaired) electrons. The molecule has 0 saturated heterocycles. The van der Waals surface area contributed by atoms with Gasteiger partial charge in [-0.25, -0.2) is 0 Å². The SMILES string of the molecule is CC1=CC(=O)C(C=C(c2ccccc2)c2ccccc2)=CC1=O. The van der Waals surface area contributed by atoms with Crippen LogP contribution in [0.2, 0.25) is 0 Å². The second-order valence-electron chi connectivity index (χ2n) is 5.45. The predicted molar refractivity (Wildman–Crippen MR) is 91.8 cm³/mol. The van der Waals surface area contributed by atoms with Gasteiger partial charge in [0.05, 0.1) is 0 Å². The van der Waals surface area contributed by atoms with Crippen molar-refractivity contribution in [3.8, 4) is 0 Å². The van der Waals surface area contributed by atoms with Crippen LogP contribution in [0.15, 0.2) is 90.0 Å². The third-order valence-electron chi connectivity index (χ3n) is 3.78. The number of ketones is 2. The molecule has 1 aliphatic carbocycles. The number of carbonyl (C=O) groups excluding carboxylic acids is 2. The summed E-state index contributed by atoms with van der Waals surface area (Å²) in [5.74, 6) is -0.247. The van der Waals surface area contributed by atoms with Gasteiger partial charge in [-0.2, -0.15) is 0 Å². The van der Waals surface area contributed by atoms with Crippen LogP contribution in [0.4, 0.5) is 0 Å². The lowest BCUT2D eigenvalue weighted by atomic mass is 9.91. The predicted octanol–water partition coefficient (Wildman–Crippen LogP) is 4.14. The van der Waals surface area contributed by atoms with Crippen molar-refractivity contribution in [3.63, 3.8) is 0 Å². The zero-order valence-electron chi connectivity index (χ0n) is 12.8. The molecule has 0 N–H and O–H groups in total. The van der Waals surface area contributed by atoms with Crippen molar-refractivity contribution in [3.05, 3.63) is 101 Å². The molecular formula is C21H16O2. The standard InChI is InChI=1S/C21H16O2/c1-15-12-21(23)18(14-20(15)22)13-19(16-8-4-2-5-9-16)17-10-6-3-7-11-17/h2-14H,1H3. The van der Waals surface area contributed by atoms with E-state index in [2.05, 4.69) is 0 Å². The zero-order chi connectivity index (χ0) is 16.2. The Balaban J connectivity index is 2.12. The maximum atomic E-state index is 12.2. The molecule has 0 atom stereocenters. The van der Waals surface area contributed by atoms with Crippen molar-refractivity contribution in [2.75, 3.05) is 0 Å². The first-order chi connectivity index (χ1) is 11.1. The number of benzene rings is 2. The summed E-state index contributed by atoms with van der Waals surface area (Å²) < 4.78 is 0. The Morgan fingerprint density at radius 1 is 0.739 bits per heavy atom. The Labute approximate surface area is 135 Å². The van der Waals surface area contributed by atoms with E-state index in [0.29, 0.717) is 11.1 Å². The highest BCUT2D eigenvalue weighted by Crippen LogP contribution is 2.26. The number of hydrogen-bond acceptors (Lipinski definition) is 2. The molecule has 0 aliphatic heterocycles. The smallest absolute Gasteiger partial charge is 0.186 e. The first-order valence-electron chi connectivity index (χ1n) is 7.46. The minimum atomic E-state index is -0.133.